The molecule has 0 fully saturated rings. The van der Waals surface area contributed by atoms with Gasteiger partial charge in [0.05, 0.1) is 17.2 Å². The molecule has 6 nitrogen and oxygen atoms in total. The Morgan fingerprint density at radius 2 is 1.77 bits per heavy atom. The summed E-state index contributed by atoms with van der Waals surface area (Å²) in [6.45, 7) is 2.17. The van der Waals surface area contributed by atoms with E-state index >= 15 is 0 Å². The summed E-state index contributed by atoms with van der Waals surface area (Å²) in [6.07, 6.45) is 0. The molecule has 1 unspecified atom stereocenters. The highest BCUT2D eigenvalue weighted by atomic mass is 16.5. The largest absolute Gasteiger partial charge is 0.491 e. The van der Waals surface area contributed by atoms with E-state index in [1.807, 2.05) is 30.3 Å². The van der Waals surface area contributed by atoms with Crippen molar-refractivity contribution in [2.75, 3.05) is 19.8 Å². The second-order valence-corrected chi connectivity index (χ2v) is 7.17. The van der Waals surface area contributed by atoms with Crippen LogP contribution in [0.5, 0.6) is 11.5 Å². The standard InChI is InChI=1S/C25H24N2O4/c1-25(29,18-31-21-11-7-8-19(16-21)17-26)27-14-15-30-23-13-6-5-12-22(23)24(28)20-9-3-2-4-10-20/h2-13,16,27,29H,14-15,18H2,1H3. The van der Waals surface area contributed by atoms with E-state index in [-0.39, 0.29) is 19.0 Å². The van der Waals surface area contributed by atoms with Crippen molar-refractivity contribution >= 4 is 5.78 Å². The fourth-order valence-electron chi connectivity index (χ4n) is 2.94. The Kier molecular flexibility index (Phi) is 7.39. The van der Waals surface area contributed by atoms with Gasteiger partial charge in [0.15, 0.2) is 5.78 Å². The molecule has 0 aromatic heterocycles. The molecule has 3 rings (SSSR count). The third-order valence-corrected chi connectivity index (χ3v) is 4.52. The van der Waals surface area contributed by atoms with Gasteiger partial charge in [0, 0.05) is 12.1 Å². The maximum atomic E-state index is 12.8. The fraction of sp³-hybridized carbons (Fsp3) is 0.200. The molecule has 0 aliphatic rings. The molecule has 31 heavy (non-hydrogen) atoms. The lowest BCUT2D eigenvalue weighted by atomic mass is 10.0. The highest BCUT2D eigenvalue weighted by Crippen LogP contribution is 2.21. The van der Waals surface area contributed by atoms with Gasteiger partial charge in [-0.2, -0.15) is 5.26 Å². The number of nitriles is 1. The van der Waals surface area contributed by atoms with Crippen molar-refractivity contribution in [2.24, 2.45) is 0 Å². The smallest absolute Gasteiger partial charge is 0.196 e. The van der Waals surface area contributed by atoms with Gasteiger partial charge in [0.2, 0.25) is 0 Å². The summed E-state index contributed by atoms with van der Waals surface area (Å²) < 4.78 is 11.4. The van der Waals surface area contributed by atoms with Crippen LogP contribution in [0.4, 0.5) is 0 Å². The zero-order valence-electron chi connectivity index (χ0n) is 17.2. The van der Waals surface area contributed by atoms with Crippen molar-refractivity contribution in [1.82, 2.24) is 5.32 Å². The average molecular weight is 416 g/mol. The number of rotatable bonds is 10. The van der Waals surface area contributed by atoms with E-state index in [4.69, 9.17) is 14.7 Å². The van der Waals surface area contributed by atoms with Crippen molar-refractivity contribution in [3.8, 4) is 17.6 Å². The summed E-state index contributed by atoms with van der Waals surface area (Å²) in [5.74, 6) is 0.886. The third kappa shape index (κ3) is 6.41. The summed E-state index contributed by atoms with van der Waals surface area (Å²) in [5.41, 5.74) is 0.270. The summed E-state index contributed by atoms with van der Waals surface area (Å²) in [5, 5.41) is 22.4. The van der Waals surface area contributed by atoms with E-state index in [1.54, 1.807) is 61.5 Å². The molecule has 2 N–H and O–H groups in total. The first-order valence-electron chi connectivity index (χ1n) is 9.90. The number of aliphatic hydroxyl groups is 1. The molecule has 0 amide bonds. The Labute approximate surface area is 181 Å². The molecule has 0 heterocycles. The molecule has 0 saturated heterocycles. The van der Waals surface area contributed by atoms with Gasteiger partial charge < -0.3 is 14.6 Å². The fourth-order valence-corrected chi connectivity index (χ4v) is 2.94. The Bertz CT molecular complexity index is 1060. The van der Waals surface area contributed by atoms with Crippen molar-refractivity contribution < 1.29 is 19.4 Å². The molecule has 1 atom stereocenters. The first-order valence-corrected chi connectivity index (χ1v) is 9.90. The lowest BCUT2D eigenvalue weighted by molar-refractivity contribution is -0.0199. The maximum Gasteiger partial charge on any atom is 0.196 e. The van der Waals surface area contributed by atoms with E-state index in [0.29, 0.717) is 34.7 Å². The molecular weight excluding hydrogens is 392 g/mol. The van der Waals surface area contributed by atoms with Crippen LogP contribution in [0.15, 0.2) is 78.9 Å². The number of para-hydroxylation sites is 1. The lowest BCUT2D eigenvalue weighted by Crippen LogP contribution is -2.48. The lowest BCUT2D eigenvalue weighted by Gasteiger charge is -2.25. The zero-order chi connectivity index (χ0) is 22.1. The average Bonchev–Trinajstić information content (AvgIpc) is 2.81. The van der Waals surface area contributed by atoms with Crippen LogP contribution >= 0.6 is 0 Å². The number of ether oxygens (including phenoxy) is 2. The summed E-state index contributed by atoms with van der Waals surface area (Å²) in [4.78, 5) is 12.8. The number of hydrogen-bond acceptors (Lipinski definition) is 6. The van der Waals surface area contributed by atoms with Crippen LogP contribution in [0, 0.1) is 11.3 Å². The van der Waals surface area contributed by atoms with Gasteiger partial charge in [-0.1, -0.05) is 48.5 Å². The highest BCUT2D eigenvalue weighted by Gasteiger charge is 2.21. The van der Waals surface area contributed by atoms with Crippen LogP contribution in [0.25, 0.3) is 0 Å². The molecule has 0 radical (unpaired) electrons. The second kappa shape index (κ2) is 10.4. The SMILES string of the molecule is CC(O)(COc1cccc(C#N)c1)NCCOc1ccccc1C(=O)c1ccccc1. The minimum atomic E-state index is -1.30. The van der Waals surface area contributed by atoms with Gasteiger partial charge in [0.25, 0.3) is 0 Å². The number of hydrogen-bond donors (Lipinski definition) is 2. The molecule has 0 aliphatic carbocycles. The molecule has 0 aliphatic heterocycles. The second-order valence-electron chi connectivity index (χ2n) is 7.17. The van der Waals surface area contributed by atoms with Gasteiger partial charge in [-0.25, -0.2) is 0 Å². The van der Waals surface area contributed by atoms with Crippen LogP contribution in [0.2, 0.25) is 0 Å². The quantitative estimate of drug-likeness (QED) is 0.298. The molecule has 6 heteroatoms. The van der Waals surface area contributed by atoms with Crippen molar-refractivity contribution in [2.45, 2.75) is 12.6 Å². The van der Waals surface area contributed by atoms with Gasteiger partial charge >= 0.3 is 0 Å². The van der Waals surface area contributed by atoms with Gasteiger partial charge in [-0.15, -0.1) is 0 Å². The Balaban J connectivity index is 1.51. The predicted molar refractivity (Wildman–Crippen MR) is 117 cm³/mol. The van der Waals surface area contributed by atoms with E-state index in [9.17, 15) is 9.90 Å². The van der Waals surface area contributed by atoms with Crippen molar-refractivity contribution in [3.63, 3.8) is 0 Å². The number of nitrogens with one attached hydrogen (secondary N) is 1. The first kappa shape index (κ1) is 22.0. The summed E-state index contributed by atoms with van der Waals surface area (Å²) in [7, 11) is 0. The van der Waals surface area contributed by atoms with Gasteiger partial charge in [-0.05, 0) is 37.3 Å². The number of nitrogens with zero attached hydrogens (tertiary/aromatic N) is 1. The van der Waals surface area contributed by atoms with Crippen LogP contribution < -0.4 is 14.8 Å². The number of ketones is 1. The van der Waals surface area contributed by atoms with Gasteiger partial charge in [-0.3, -0.25) is 10.1 Å². The Morgan fingerprint density at radius 3 is 2.55 bits per heavy atom. The number of carbonyl (C=O) groups is 1. The van der Waals surface area contributed by atoms with Gasteiger partial charge in [0.1, 0.15) is 30.4 Å². The van der Waals surface area contributed by atoms with Crippen LogP contribution in [0.1, 0.15) is 28.4 Å². The Morgan fingerprint density at radius 1 is 1.03 bits per heavy atom. The third-order valence-electron chi connectivity index (χ3n) is 4.52. The highest BCUT2D eigenvalue weighted by molar-refractivity contribution is 6.10. The molecular formula is C25H24N2O4. The number of carbonyl (C=O) groups excluding carboxylic acids is 1. The topological polar surface area (TPSA) is 91.6 Å². The number of benzene rings is 3. The maximum absolute atomic E-state index is 12.8. The minimum Gasteiger partial charge on any atom is -0.491 e. The molecule has 0 spiro atoms. The zero-order valence-corrected chi connectivity index (χ0v) is 17.2. The predicted octanol–water partition coefficient (Wildman–Crippen LogP) is 3.55. The molecule has 3 aromatic carbocycles. The van der Waals surface area contributed by atoms with Crippen LogP contribution in [-0.2, 0) is 0 Å². The van der Waals surface area contributed by atoms with Crippen molar-refractivity contribution in [3.05, 3.63) is 95.6 Å². The molecule has 0 saturated carbocycles. The van der Waals surface area contributed by atoms with Crippen molar-refractivity contribution in [1.29, 1.82) is 5.26 Å². The van der Waals surface area contributed by atoms with E-state index in [2.05, 4.69) is 5.32 Å². The van der Waals surface area contributed by atoms with Crippen LogP contribution in [0.3, 0.4) is 0 Å². The van der Waals surface area contributed by atoms with E-state index in [1.165, 1.54) is 0 Å². The summed E-state index contributed by atoms with van der Waals surface area (Å²) >= 11 is 0. The minimum absolute atomic E-state index is 0.00897. The van der Waals surface area contributed by atoms with E-state index in [0.717, 1.165) is 0 Å². The summed E-state index contributed by atoms with van der Waals surface area (Å²) in [6, 6.07) is 24.9. The molecule has 3 aromatic rings. The van der Waals surface area contributed by atoms with Crippen LogP contribution in [-0.4, -0.2) is 36.4 Å². The molecule has 0 bridgehead atoms. The monoisotopic (exact) mass is 416 g/mol. The normalized spacial score (nSPS) is 12.4. The first-order chi connectivity index (χ1) is 15.0. The Hall–Kier alpha value is -3.66. The molecule has 158 valence electrons. The van der Waals surface area contributed by atoms with E-state index < -0.39 is 5.72 Å².